The van der Waals surface area contributed by atoms with Crippen LogP contribution in [0.25, 0.3) is 0 Å². The summed E-state index contributed by atoms with van der Waals surface area (Å²) >= 11 is 12.3. The molecule has 5 rings (SSSR count). The molecule has 21 heteroatoms. The van der Waals surface area contributed by atoms with Gasteiger partial charge in [0.1, 0.15) is 46.8 Å². The Kier molecular flexibility index (Phi) is 21.7. The predicted octanol–water partition coefficient (Wildman–Crippen LogP) is 6.23. The maximum atomic E-state index is 14.0. The van der Waals surface area contributed by atoms with Crippen molar-refractivity contribution in [1.82, 2.24) is 4.57 Å². The number of aryl methyl sites for hydroxylation is 1. The van der Waals surface area contributed by atoms with E-state index < -0.39 is 138 Å². The first-order valence-corrected chi connectivity index (χ1v) is 25.6. The van der Waals surface area contributed by atoms with E-state index in [9.17, 15) is 50.1 Å². The minimum Gasteiger partial charge on any atom is -0.505 e. The molecule has 416 valence electrons. The molecular formula is C54H73Cl2NO18. The van der Waals surface area contributed by atoms with Gasteiger partial charge < -0.3 is 78.2 Å². The topological polar surface area (TPSA) is 272 Å². The van der Waals surface area contributed by atoms with E-state index in [1.807, 2.05) is 32.9 Å². The Hall–Kier alpha value is -4.61. The van der Waals surface area contributed by atoms with E-state index in [1.165, 1.54) is 33.1 Å². The smallest absolute Gasteiger partial charge is 0.355 e. The van der Waals surface area contributed by atoms with Gasteiger partial charge in [0.2, 0.25) is 0 Å². The van der Waals surface area contributed by atoms with Crippen molar-refractivity contribution in [3.05, 3.63) is 104 Å². The summed E-state index contributed by atoms with van der Waals surface area (Å²) in [5.41, 5.74) is 0.412. The van der Waals surface area contributed by atoms with Gasteiger partial charge in [-0.1, -0.05) is 73.0 Å². The number of methoxy groups -OCH3 is 1. The summed E-state index contributed by atoms with van der Waals surface area (Å²) in [6.07, 6.45) is -4.11. The van der Waals surface area contributed by atoms with Gasteiger partial charge in [0.15, 0.2) is 36.3 Å². The number of hydrogen-bond acceptors (Lipinski definition) is 18. The van der Waals surface area contributed by atoms with Gasteiger partial charge in [-0.05, 0) is 103 Å². The Morgan fingerprint density at radius 3 is 2.23 bits per heavy atom. The number of aromatic hydroxyl groups is 2. The van der Waals surface area contributed by atoms with Crippen LogP contribution in [-0.2, 0) is 56.2 Å². The van der Waals surface area contributed by atoms with Crippen LogP contribution in [0, 0.1) is 5.92 Å². The highest BCUT2D eigenvalue weighted by atomic mass is 35.5. The van der Waals surface area contributed by atoms with Gasteiger partial charge in [-0.25, -0.2) is 14.4 Å². The molecule has 14 atom stereocenters. The first kappa shape index (κ1) is 61.2. The molecule has 7 N–H and O–H groups in total. The summed E-state index contributed by atoms with van der Waals surface area (Å²) in [5, 5.41) is 77.0. The lowest BCUT2D eigenvalue weighted by atomic mass is 9.88. The lowest BCUT2D eigenvalue weighted by Crippen LogP contribution is -2.64. The van der Waals surface area contributed by atoms with Crippen LogP contribution in [-0.4, -0.2) is 157 Å². The number of aliphatic hydroxyl groups excluding tert-OH is 5. The van der Waals surface area contributed by atoms with E-state index in [-0.39, 0.29) is 41.1 Å². The molecule has 1 aromatic carbocycles. The van der Waals surface area contributed by atoms with Gasteiger partial charge >= 0.3 is 17.9 Å². The van der Waals surface area contributed by atoms with E-state index in [4.69, 9.17) is 61.1 Å². The molecule has 0 bridgehead atoms. The molecule has 19 nitrogen and oxygen atoms in total. The van der Waals surface area contributed by atoms with Crippen molar-refractivity contribution in [2.24, 2.45) is 13.0 Å². The highest BCUT2D eigenvalue weighted by Gasteiger charge is 2.53. The van der Waals surface area contributed by atoms with Gasteiger partial charge in [0, 0.05) is 32.7 Å². The number of hydrogen-bond donors (Lipinski definition) is 7. The molecular weight excluding hydrogens is 1020 g/mol. The molecule has 75 heavy (non-hydrogen) atoms. The summed E-state index contributed by atoms with van der Waals surface area (Å²) in [5.74, 6) is -4.53. The number of carbonyl (C=O) groups is 3. The number of benzene rings is 1. The zero-order valence-corrected chi connectivity index (χ0v) is 45.7. The van der Waals surface area contributed by atoms with Crippen molar-refractivity contribution in [2.45, 2.75) is 173 Å². The van der Waals surface area contributed by atoms with Gasteiger partial charge in [-0.3, -0.25) is 0 Å². The number of phenolic OH excluding ortho intramolecular Hbond substituents is 2. The van der Waals surface area contributed by atoms with Crippen molar-refractivity contribution < 1.29 is 88.0 Å². The highest BCUT2D eigenvalue weighted by molar-refractivity contribution is 6.39. The van der Waals surface area contributed by atoms with Crippen LogP contribution in [0.1, 0.15) is 108 Å². The molecule has 3 aliphatic rings. The molecule has 0 unspecified atom stereocenters. The Bertz CT molecular complexity index is 2500. The predicted molar refractivity (Wildman–Crippen MR) is 275 cm³/mol. The van der Waals surface area contributed by atoms with Gasteiger partial charge in [0.05, 0.1) is 47.2 Å². The number of allylic oxidation sites excluding steroid dienone is 4. The number of esters is 3. The van der Waals surface area contributed by atoms with Crippen molar-refractivity contribution in [3.8, 4) is 11.5 Å². The average molecular weight is 1100 g/mol. The maximum Gasteiger partial charge on any atom is 0.355 e. The summed E-state index contributed by atoms with van der Waals surface area (Å²) < 4.78 is 49.3. The van der Waals surface area contributed by atoms with Crippen molar-refractivity contribution in [3.63, 3.8) is 0 Å². The maximum absolute atomic E-state index is 14.0. The third-order valence-electron chi connectivity index (χ3n) is 13.7. The Labute approximate surface area is 447 Å². The molecule has 3 aliphatic heterocycles. The molecule has 2 fully saturated rings. The summed E-state index contributed by atoms with van der Waals surface area (Å²) in [6.45, 7) is 14.7. The van der Waals surface area contributed by atoms with E-state index in [2.05, 4.69) is 0 Å². The average Bonchev–Trinajstić information content (AvgIpc) is 3.80. The molecule has 4 heterocycles. The molecule has 0 aliphatic carbocycles. The molecule has 0 spiro atoms. The molecule has 2 aromatic rings. The van der Waals surface area contributed by atoms with Crippen LogP contribution in [0.3, 0.4) is 0 Å². The van der Waals surface area contributed by atoms with Crippen molar-refractivity contribution in [1.29, 1.82) is 0 Å². The molecule has 1 aromatic heterocycles. The second-order valence-corrected chi connectivity index (χ2v) is 20.4. The zero-order chi connectivity index (χ0) is 55.8. The van der Waals surface area contributed by atoms with Crippen LogP contribution in [0.15, 0.2) is 77.1 Å². The van der Waals surface area contributed by atoms with Crippen LogP contribution in [0.4, 0.5) is 0 Å². The largest absolute Gasteiger partial charge is 0.505 e. The minimum atomic E-state index is -1.63. The fourth-order valence-corrected chi connectivity index (χ4v) is 9.67. The van der Waals surface area contributed by atoms with Gasteiger partial charge in [-0.15, -0.1) is 0 Å². The van der Waals surface area contributed by atoms with Crippen molar-refractivity contribution >= 4 is 41.1 Å². The zero-order valence-electron chi connectivity index (χ0n) is 44.1. The number of aliphatic hydroxyl groups is 5. The number of aromatic nitrogens is 1. The second kappa shape index (κ2) is 26.6. The molecule has 0 radical (unpaired) electrons. The second-order valence-electron chi connectivity index (χ2n) is 19.7. The van der Waals surface area contributed by atoms with Crippen LogP contribution in [0.2, 0.25) is 10.0 Å². The molecule has 0 saturated carbocycles. The van der Waals surface area contributed by atoms with Crippen LogP contribution < -0.4 is 0 Å². The number of cyclic esters (lactones) is 1. The van der Waals surface area contributed by atoms with Crippen LogP contribution in [0.5, 0.6) is 11.5 Å². The Morgan fingerprint density at radius 1 is 0.933 bits per heavy atom. The third kappa shape index (κ3) is 14.5. The minimum absolute atomic E-state index is 0.0418. The summed E-state index contributed by atoms with van der Waals surface area (Å²) in [6, 6.07) is 3.22. The fraction of sp³-hybridized carbons (Fsp3) is 0.574. The normalized spacial score (nSPS) is 33.8. The van der Waals surface area contributed by atoms with E-state index in [0.717, 1.165) is 0 Å². The number of carbonyl (C=O) groups excluding carboxylic acids is 3. The monoisotopic (exact) mass is 1090 g/mol. The molecule has 2 saturated heterocycles. The number of rotatable bonds is 13. The SMILES string of the molecule is CCc1c(Cl)c(O)c(Cl)c(O)c1C(=O)O[C@H]1[C@H](O)[C@H](OC)[C@H](OC/C2=C\C=C\C[C@H](O)/C(C)=C/[C@H](CC)[C@@H](O[C@@H]3OC(C)(C)[C@@H](O)[C@H](OC(=O)c4cccn4C)[C@@H]3O)/C(C)=C/C(C)=C/C[C@@H]([C@@H](C)O)OC2=O)O[C@@H]1C. The highest BCUT2D eigenvalue weighted by Crippen LogP contribution is 2.45. The first-order valence-electron chi connectivity index (χ1n) is 24.9. The standard InChI is InChI=1S/C54H73Cl2NO18/c1-12-31-24-27(4)35(59)19-15-14-17-32(25-69-53-47(68-11)42(62)45(30(7)70-53)72-51(67)37-33(13-2)38(55)41(61)39(56)40(37)60)49(65)71-36(29(6)58)21-20-26(3)23-28(5)44(31)74-52-43(63)46(48(64)54(8,9)75-52)73-50(66)34-18-16-22-57(34)10/h14-18,20,22-24,29-31,35-36,42-48,52-53,58-64H,12-13,19,21,25H2,1-11H3/b15-14+,26-20+,27-24+,28-23+,32-17+/t29-,30-,31+,35+,36+,42+,43+,44+,45-,46-,47+,48+,52-,53-/m1/s1. The lowest BCUT2D eigenvalue weighted by molar-refractivity contribution is -0.330. The Morgan fingerprint density at radius 2 is 1.61 bits per heavy atom. The van der Waals surface area contributed by atoms with Gasteiger partial charge in [-0.2, -0.15) is 0 Å². The van der Waals surface area contributed by atoms with E-state index in [0.29, 0.717) is 23.1 Å². The number of ether oxygens (including phenoxy) is 8. The van der Waals surface area contributed by atoms with Crippen molar-refractivity contribution in [2.75, 3.05) is 13.7 Å². The number of halogens is 2. The number of phenols is 2. The number of nitrogens with zero attached hydrogens (tertiary/aromatic N) is 1. The Balaban J connectivity index is 1.39. The van der Waals surface area contributed by atoms with Gasteiger partial charge in [0.25, 0.3) is 0 Å². The van der Waals surface area contributed by atoms with E-state index >= 15 is 0 Å². The van der Waals surface area contributed by atoms with E-state index in [1.54, 1.807) is 69.8 Å². The first-order chi connectivity index (χ1) is 35.3. The summed E-state index contributed by atoms with van der Waals surface area (Å²) in [4.78, 5) is 40.8. The molecule has 0 amide bonds. The third-order valence-corrected chi connectivity index (χ3v) is 14.4. The lowest BCUT2D eigenvalue weighted by Gasteiger charge is -2.47. The summed E-state index contributed by atoms with van der Waals surface area (Å²) in [7, 11) is 2.93. The fourth-order valence-electron chi connectivity index (χ4n) is 9.11. The van der Waals surface area contributed by atoms with Crippen LogP contribution >= 0.6 is 23.2 Å². The quantitative estimate of drug-likeness (QED) is 0.0665.